The molecule has 2 amide bonds. The Morgan fingerprint density at radius 2 is 1.94 bits per heavy atom. The molecule has 0 fully saturated rings. The van der Waals surface area contributed by atoms with E-state index in [2.05, 4.69) is 5.32 Å². The third-order valence-corrected chi connectivity index (χ3v) is 2.58. The molecule has 5 nitrogen and oxygen atoms in total. The van der Waals surface area contributed by atoms with Gasteiger partial charge in [0.25, 0.3) is 0 Å². The number of rotatable bonds is 8. The predicted octanol–water partition coefficient (Wildman–Crippen LogP) is 0.962. The van der Waals surface area contributed by atoms with Crippen molar-refractivity contribution in [1.82, 2.24) is 5.32 Å². The molecular formula is C12H24N2O3. The van der Waals surface area contributed by atoms with Gasteiger partial charge in [0, 0.05) is 13.0 Å². The summed E-state index contributed by atoms with van der Waals surface area (Å²) in [6, 6.07) is -0.572. The molecule has 3 N–H and O–H groups in total. The Bertz CT molecular complexity index is 264. The van der Waals surface area contributed by atoms with Gasteiger partial charge in [0.15, 0.2) is 0 Å². The number of primary amides is 1. The van der Waals surface area contributed by atoms with Crippen molar-refractivity contribution < 1.29 is 14.3 Å². The lowest BCUT2D eigenvalue weighted by Gasteiger charge is -2.24. The first kappa shape index (κ1) is 15.9. The molecule has 0 aromatic heterocycles. The smallest absolute Gasteiger partial charge is 0.239 e. The van der Waals surface area contributed by atoms with Crippen LogP contribution in [0, 0.1) is 0 Å². The van der Waals surface area contributed by atoms with Crippen LogP contribution >= 0.6 is 0 Å². The number of amides is 2. The van der Waals surface area contributed by atoms with E-state index in [0.717, 1.165) is 0 Å². The van der Waals surface area contributed by atoms with Crippen LogP contribution in [0.15, 0.2) is 0 Å². The fourth-order valence-electron chi connectivity index (χ4n) is 1.52. The van der Waals surface area contributed by atoms with Crippen LogP contribution in [0.1, 0.15) is 47.0 Å². The Morgan fingerprint density at radius 1 is 1.35 bits per heavy atom. The summed E-state index contributed by atoms with van der Waals surface area (Å²) in [5.41, 5.74) is 4.83. The molecule has 0 spiro atoms. The van der Waals surface area contributed by atoms with Gasteiger partial charge < -0.3 is 15.8 Å². The molecule has 0 saturated heterocycles. The molecule has 1 atom stereocenters. The zero-order valence-electron chi connectivity index (χ0n) is 11.2. The van der Waals surface area contributed by atoms with E-state index < -0.39 is 11.9 Å². The molecule has 17 heavy (non-hydrogen) atoms. The summed E-state index contributed by atoms with van der Waals surface area (Å²) in [4.78, 5) is 22.5. The average molecular weight is 244 g/mol. The van der Waals surface area contributed by atoms with Crippen molar-refractivity contribution in [2.45, 2.75) is 58.6 Å². The van der Waals surface area contributed by atoms with Gasteiger partial charge in [-0.05, 0) is 33.6 Å². The minimum absolute atomic E-state index is 0.163. The average Bonchev–Trinajstić information content (AvgIpc) is 2.22. The van der Waals surface area contributed by atoms with Gasteiger partial charge in [0.1, 0.15) is 6.04 Å². The minimum Gasteiger partial charge on any atom is -0.376 e. The Kier molecular flexibility index (Phi) is 6.80. The molecule has 0 saturated carbocycles. The Hall–Kier alpha value is -1.10. The summed E-state index contributed by atoms with van der Waals surface area (Å²) in [7, 11) is 0. The van der Waals surface area contributed by atoms with E-state index in [1.54, 1.807) is 6.92 Å². The molecule has 0 aromatic rings. The Balaban J connectivity index is 4.06. The molecule has 0 aliphatic heterocycles. The summed E-state index contributed by atoms with van der Waals surface area (Å²) in [6.45, 7) is 8.22. The third kappa shape index (κ3) is 6.94. The largest absolute Gasteiger partial charge is 0.376 e. The molecule has 0 radical (unpaired) electrons. The van der Waals surface area contributed by atoms with Crippen molar-refractivity contribution in [3.05, 3.63) is 0 Å². The fraction of sp³-hybridized carbons (Fsp3) is 0.833. The first-order valence-electron chi connectivity index (χ1n) is 6.05. The maximum atomic E-state index is 11.6. The van der Waals surface area contributed by atoms with Gasteiger partial charge in [-0.2, -0.15) is 0 Å². The molecular weight excluding hydrogens is 220 g/mol. The van der Waals surface area contributed by atoms with Gasteiger partial charge in [-0.15, -0.1) is 0 Å². The van der Waals surface area contributed by atoms with Gasteiger partial charge in [-0.25, -0.2) is 0 Å². The van der Waals surface area contributed by atoms with Crippen LogP contribution in [0.2, 0.25) is 0 Å². The van der Waals surface area contributed by atoms with Crippen molar-refractivity contribution in [3.8, 4) is 0 Å². The molecule has 1 unspecified atom stereocenters. The normalized spacial score (nSPS) is 13.2. The Morgan fingerprint density at radius 3 is 2.35 bits per heavy atom. The third-order valence-electron chi connectivity index (χ3n) is 2.58. The van der Waals surface area contributed by atoms with E-state index in [4.69, 9.17) is 10.5 Å². The topological polar surface area (TPSA) is 81.4 Å². The van der Waals surface area contributed by atoms with Crippen LogP contribution in [-0.4, -0.2) is 30.1 Å². The van der Waals surface area contributed by atoms with Crippen molar-refractivity contribution >= 4 is 11.8 Å². The number of nitrogens with two attached hydrogens (primary N) is 1. The van der Waals surface area contributed by atoms with E-state index in [-0.39, 0.29) is 11.5 Å². The molecule has 5 heteroatoms. The highest BCUT2D eigenvalue weighted by molar-refractivity contribution is 5.86. The highest BCUT2D eigenvalue weighted by atomic mass is 16.5. The van der Waals surface area contributed by atoms with Crippen LogP contribution in [0.25, 0.3) is 0 Å². The van der Waals surface area contributed by atoms with Crippen LogP contribution < -0.4 is 11.1 Å². The second-order valence-electron chi connectivity index (χ2n) is 4.62. The molecule has 0 rings (SSSR count). The first-order valence-corrected chi connectivity index (χ1v) is 6.05. The monoisotopic (exact) mass is 244 g/mol. The molecule has 100 valence electrons. The van der Waals surface area contributed by atoms with Gasteiger partial charge >= 0.3 is 0 Å². The van der Waals surface area contributed by atoms with Crippen molar-refractivity contribution in [2.24, 2.45) is 5.73 Å². The zero-order valence-corrected chi connectivity index (χ0v) is 11.2. The lowest BCUT2D eigenvalue weighted by Crippen LogP contribution is -2.44. The second kappa shape index (κ2) is 7.27. The number of nitrogens with one attached hydrogen (secondary N) is 1. The summed E-state index contributed by atoms with van der Waals surface area (Å²) in [6.07, 6.45) is 1.45. The van der Waals surface area contributed by atoms with Gasteiger partial charge in [-0.1, -0.05) is 6.92 Å². The number of hydrogen-bond acceptors (Lipinski definition) is 3. The van der Waals surface area contributed by atoms with Gasteiger partial charge in [-0.3, -0.25) is 9.59 Å². The van der Waals surface area contributed by atoms with Crippen LogP contribution in [0.4, 0.5) is 0 Å². The zero-order chi connectivity index (χ0) is 13.5. The summed E-state index contributed by atoms with van der Waals surface area (Å²) in [5.74, 6) is -0.659. The predicted molar refractivity (Wildman–Crippen MR) is 66.4 cm³/mol. The number of carbonyl (C=O) groups is 2. The van der Waals surface area contributed by atoms with Gasteiger partial charge in [0.05, 0.1) is 5.60 Å². The second-order valence-corrected chi connectivity index (χ2v) is 4.62. The maximum absolute atomic E-state index is 11.6. The van der Waals surface area contributed by atoms with Crippen LogP contribution in [-0.2, 0) is 14.3 Å². The SMILES string of the molecule is CCOC(C)(C)CCC(=O)NC(CC)C(N)=O. The van der Waals surface area contributed by atoms with Crippen molar-refractivity contribution in [2.75, 3.05) is 6.61 Å². The van der Waals surface area contributed by atoms with Crippen molar-refractivity contribution in [1.29, 1.82) is 0 Å². The summed E-state index contributed by atoms with van der Waals surface area (Å²) < 4.78 is 5.49. The van der Waals surface area contributed by atoms with E-state index in [1.807, 2.05) is 20.8 Å². The molecule has 0 aromatic carbocycles. The molecule has 0 heterocycles. The quantitative estimate of drug-likeness (QED) is 0.667. The standard InChI is InChI=1S/C12H24N2O3/c1-5-9(11(13)16)14-10(15)7-8-12(3,4)17-6-2/h9H,5-8H2,1-4H3,(H2,13,16)(H,14,15). The van der Waals surface area contributed by atoms with Gasteiger partial charge in [0.2, 0.25) is 11.8 Å². The van der Waals surface area contributed by atoms with Crippen molar-refractivity contribution in [3.63, 3.8) is 0 Å². The number of carbonyl (C=O) groups excluding carboxylic acids is 2. The Labute approximate surface area is 103 Å². The highest BCUT2D eigenvalue weighted by Crippen LogP contribution is 2.16. The minimum atomic E-state index is -0.572. The highest BCUT2D eigenvalue weighted by Gasteiger charge is 2.21. The first-order chi connectivity index (χ1) is 7.82. The number of hydrogen-bond donors (Lipinski definition) is 2. The summed E-state index contributed by atoms with van der Waals surface area (Å²) in [5, 5.41) is 2.61. The van der Waals surface area contributed by atoms with E-state index >= 15 is 0 Å². The van der Waals surface area contributed by atoms with E-state index in [1.165, 1.54) is 0 Å². The van der Waals surface area contributed by atoms with Crippen LogP contribution in [0.5, 0.6) is 0 Å². The summed E-state index contributed by atoms with van der Waals surface area (Å²) >= 11 is 0. The van der Waals surface area contributed by atoms with E-state index in [9.17, 15) is 9.59 Å². The fourth-order valence-corrected chi connectivity index (χ4v) is 1.52. The van der Waals surface area contributed by atoms with Crippen LogP contribution in [0.3, 0.4) is 0 Å². The van der Waals surface area contributed by atoms with E-state index in [0.29, 0.717) is 25.9 Å². The maximum Gasteiger partial charge on any atom is 0.239 e. The number of ether oxygens (including phenoxy) is 1. The molecule has 0 bridgehead atoms. The molecule has 0 aliphatic rings. The lowest BCUT2D eigenvalue weighted by molar-refractivity contribution is -0.128. The molecule has 0 aliphatic carbocycles. The lowest BCUT2D eigenvalue weighted by atomic mass is 10.0.